The van der Waals surface area contributed by atoms with Crippen molar-refractivity contribution in [3.05, 3.63) is 40.9 Å². The van der Waals surface area contributed by atoms with E-state index in [-0.39, 0.29) is 5.91 Å². The Morgan fingerprint density at radius 1 is 1.24 bits per heavy atom. The molecule has 1 aliphatic rings. The average Bonchev–Trinajstić information content (AvgIpc) is 2.83. The molecule has 0 bridgehead atoms. The van der Waals surface area contributed by atoms with E-state index in [1.54, 1.807) is 25.4 Å². The molecule has 7 heteroatoms. The van der Waals surface area contributed by atoms with Crippen LogP contribution in [-0.2, 0) is 6.54 Å². The molecule has 1 fully saturated rings. The van der Waals surface area contributed by atoms with Gasteiger partial charge in [-0.1, -0.05) is 5.16 Å². The number of amides is 1. The molecule has 0 unspecified atom stereocenters. The van der Waals surface area contributed by atoms with Crippen molar-refractivity contribution in [3.63, 3.8) is 0 Å². The van der Waals surface area contributed by atoms with Gasteiger partial charge in [-0.05, 0) is 26.3 Å². The van der Waals surface area contributed by atoms with Gasteiger partial charge in [0.2, 0.25) is 5.88 Å². The third kappa shape index (κ3) is 3.99. The highest BCUT2D eigenvalue weighted by atomic mass is 16.5. The van der Waals surface area contributed by atoms with Gasteiger partial charge in [-0.2, -0.15) is 0 Å². The van der Waals surface area contributed by atoms with Crippen LogP contribution in [-0.4, -0.2) is 59.1 Å². The molecule has 3 heterocycles. The lowest BCUT2D eigenvalue weighted by atomic mass is 10.2. The van der Waals surface area contributed by atoms with E-state index < -0.39 is 0 Å². The van der Waals surface area contributed by atoms with Crippen molar-refractivity contribution in [1.82, 2.24) is 19.9 Å². The summed E-state index contributed by atoms with van der Waals surface area (Å²) in [6.45, 7) is 7.97. The molecule has 7 nitrogen and oxygen atoms in total. The van der Waals surface area contributed by atoms with E-state index in [0.717, 1.165) is 49.6 Å². The van der Waals surface area contributed by atoms with Gasteiger partial charge in [-0.25, -0.2) is 4.98 Å². The third-order valence-electron chi connectivity index (χ3n) is 4.63. The van der Waals surface area contributed by atoms with Crippen LogP contribution in [0.3, 0.4) is 0 Å². The lowest BCUT2D eigenvalue weighted by molar-refractivity contribution is 0.0760. The number of pyridine rings is 1. The van der Waals surface area contributed by atoms with E-state index in [0.29, 0.717) is 18.0 Å². The Morgan fingerprint density at radius 2 is 2.08 bits per heavy atom. The van der Waals surface area contributed by atoms with Crippen LogP contribution in [0.5, 0.6) is 5.88 Å². The second kappa shape index (κ2) is 7.65. The summed E-state index contributed by atoms with van der Waals surface area (Å²) in [5, 5.41) is 4.02. The molecule has 25 heavy (non-hydrogen) atoms. The van der Waals surface area contributed by atoms with Crippen LogP contribution in [0, 0.1) is 13.8 Å². The van der Waals surface area contributed by atoms with Crippen LogP contribution < -0.4 is 4.74 Å². The molecule has 134 valence electrons. The predicted octanol–water partition coefficient (Wildman–Crippen LogP) is 2.04. The van der Waals surface area contributed by atoms with Crippen molar-refractivity contribution in [2.24, 2.45) is 0 Å². The molecule has 1 saturated heterocycles. The topological polar surface area (TPSA) is 71.7 Å². The van der Waals surface area contributed by atoms with E-state index in [4.69, 9.17) is 9.26 Å². The van der Waals surface area contributed by atoms with Gasteiger partial charge < -0.3 is 14.2 Å². The largest absolute Gasteiger partial charge is 0.481 e. The Hall–Kier alpha value is -2.41. The maximum atomic E-state index is 12.7. The van der Waals surface area contributed by atoms with Crippen molar-refractivity contribution >= 4 is 5.91 Å². The van der Waals surface area contributed by atoms with Crippen LogP contribution in [0.2, 0.25) is 0 Å². The second-order valence-electron chi connectivity index (χ2n) is 6.31. The van der Waals surface area contributed by atoms with Crippen LogP contribution in [0.15, 0.2) is 22.9 Å². The molecule has 0 radical (unpaired) electrons. The number of aryl methyl sites for hydroxylation is 2. The smallest absolute Gasteiger partial charge is 0.255 e. The number of carbonyl (C=O) groups excluding carboxylic acids is 1. The van der Waals surface area contributed by atoms with Crippen LogP contribution in [0.1, 0.15) is 33.8 Å². The Labute approximate surface area is 147 Å². The summed E-state index contributed by atoms with van der Waals surface area (Å²) in [5.41, 5.74) is 2.69. The molecule has 0 saturated carbocycles. The normalized spacial score (nSPS) is 15.9. The summed E-state index contributed by atoms with van der Waals surface area (Å²) in [6.07, 6.45) is 2.52. The fourth-order valence-corrected chi connectivity index (χ4v) is 3.09. The van der Waals surface area contributed by atoms with Crippen molar-refractivity contribution in [1.29, 1.82) is 0 Å². The van der Waals surface area contributed by atoms with Crippen molar-refractivity contribution in [2.75, 3.05) is 33.3 Å². The Kier molecular flexibility index (Phi) is 5.33. The monoisotopic (exact) mass is 344 g/mol. The summed E-state index contributed by atoms with van der Waals surface area (Å²) in [6, 6.07) is 3.48. The first-order valence-electron chi connectivity index (χ1n) is 8.52. The van der Waals surface area contributed by atoms with Gasteiger partial charge in [0, 0.05) is 50.6 Å². The first kappa shape index (κ1) is 17.4. The molecule has 1 aliphatic heterocycles. The first-order valence-corrected chi connectivity index (χ1v) is 8.52. The maximum absolute atomic E-state index is 12.7. The summed E-state index contributed by atoms with van der Waals surface area (Å²) in [4.78, 5) is 21.1. The molecular formula is C18H24N4O3. The number of hydrogen-bond donors (Lipinski definition) is 0. The van der Waals surface area contributed by atoms with Crippen molar-refractivity contribution in [2.45, 2.75) is 26.8 Å². The molecular weight excluding hydrogens is 320 g/mol. The highest BCUT2D eigenvalue weighted by Crippen LogP contribution is 2.17. The zero-order valence-electron chi connectivity index (χ0n) is 15.0. The molecule has 0 aromatic carbocycles. The van der Waals surface area contributed by atoms with E-state index in [1.807, 2.05) is 18.7 Å². The van der Waals surface area contributed by atoms with Gasteiger partial charge in [0.1, 0.15) is 5.76 Å². The lowest BCUT2D eigenvalue weighted by Gasteiger charge is -2.22. The Balaban J connectivity index is 1.61. The fourth-order valence-electron chi connectivity index (χ4n) is 3.09. The molecule has 2 aromatic rings. The van der Waals surface area contributed by atoms with Crippen molar-refractivity contribution in [3.8, 4) is 5.88 Å². The van der Waals surface area contributed by atoms with E-state index in [9.17, 15) is 4.79 Å². The average molecular weight is 344 g/mol. The summed E-state index contributed by atoms with van der Waals surface area (Å²) in [7, 11) is 1.56. The Bertz CT molecular complexity index is 707. The van der Waals surface area contributed by atoms with E-state index in [1.165, 1.54) is 0 Å². The molecule has 3 rings (SSSR count). The lowest BCUT2D eigenvalue weighted by Crippen LogP contribution is -2.35. The predicted molar refractivity (Wildman–Crippen MR) is 92.6 cm³/mol. The minimum Gasteiger partial charge on any atom is -0.481 e. The number of nitrogens with zero attached hydrogens (tertiary/aromatic N) is 4. The van der Waals surface area contributed by atoms with Crippen LogP contribution in [0.4, 0.5) is 0 Å². The number of aromatic nitrogens is 2. The summed E-state index contributed by atoms with van der Waals surface area (Å²) >= 11 is 0. The van der Waals surface area contributed by atoms with Gasteiger partial charge in [-0.15, -0.1) is 0 Å². The zero-order chi connectivity index (χ0) is 17.8. The molecule has 0 aliphatic carbocycles. The second-order valence-corrected chi connectivity index (χ2v) is 6.31. The molecule has 2 aromatic heterocycles. The SMILES string of the molecule is COc1ccc(C(=O)N2CCCN(Cc3c(C)noc3C)CC2)cn1. The van der Waals surface area contributed by atoms with Gasteiger partial charge >= 0.3 is 0 Å². The minimum absolute atomic E-state index is 0.0225. The molecule has 1 amide bonds. The third-order valence-corrected chi connectivity index (χ3v) is 4.63. The maximum Gasteiger partial charge on any atom is 0.255 e. The van der Waals surface area contributed by atoms with Crippen LogP contribution >= 0.6 is 0 Å². The molecule has 0 N–H and O–H groups in total. The number of methoxy groups -OCH3 is 1. The highest BCUT2D eigenvalue weighted by Gasteiger charge is 2.22. The van der Waals surface area contributed by atoms with Crippen molar-refractivity contribution < 1.29 is 14.1 Å². The van der Waals surface area contributed by atoms with E-state index in [2.05, 4.69) is 15.0 Å². The minimum atomic E-state index is 0.0225. The highest BCUT2D eigenvalue weighted by molar-refractivity contribution is 5.94. The van der Waals surface area contributed by atoms with Gasteiger partial charge in [-0.3, -0.25) is 9.69 Å². The number of ether oxygens (including phenoxy) is 1. The zero-order valence-corrected chi connectivity index (χ0v) is 15.0. The quantitative estimate of drug-likeness (QED) is 0.845. The summed E-state index contributed by atoms with van der Waals surface area (Å²) in [5.74, 6) is 1.41. The van der Waals surface area contributed by atoms with E-state index >= 15 is 0 Å². The Morgan fingerprint density at radius 3 is 2.72 bits per heavy atom. The standard InChI is InChI=1S/C18H24N4O3/c1-13-16(14(2)25-20-13)12-21-7-4-8-22(10-9-21)18(23)15-5-6-17(24-3)19-11-15/h5-6,11H,4,7-10,12H2,1-3H3. The first-order chi connectivity index (χ1) is 12.1. The molecule has 0 atom stereocenters. The number of rotatable bonds is 4. The summed E-state index contributed by atoms with van der Waals surface area (Å²) < 4.78 is 10.3. The van der Waals surface area contributed by atoms with Gasteiger partial charge in [0.25, 0.3) is 5.91 Å². The fraction of sp³-hybridized carbons (Fsp3) is 0.500. The number of hydrogen-bond acceptors (Lipinski definition) is 6. The van der Waals surface area contributed by atoms with Gasteiger partial charge in [0.15, 0.2) is 0 Å². The van der Waals surface area contributed by atoms with Crippen LogP contribution in [0.25, 0.3) is 0 Å². The number of carbonyl (C=O) groups is 1. The van der Waals surface area contributed by atoms with Gasteiger partial charge in [0.05, 0.1) is 18.4 Å². The molecule has 0 spiro atoms.